The van der Waals surface area contributed by atoms with Gasteiger partial charge in [0.2, 0.25) is 5.78 Å². The highest BCUT2D eigenvalue weighted by atomic mass is 16.5. The van der Waals surface area contributed by atoms with Gasteiger partial charge in [0.15, 0.2) is 11.5 Å². The monoisotopic (exact) mass is 385 g/mol. The van der Waals surface area contributed by atoms with Crippen molar-refractivity contribution in [1.82, 2.24) is 4.90 Å². The molecule has 0 amide bonds. The van der Waals surface area contributed by atoms with Crippen molar-refractivity contribution in [2.75, 3.05) is 6.73 Å². The van der Waals surface area contributed by atoms with E-state index in [2.05, 4.69) is 4.90 Å². The number of benzene rings is 2. The van der Waals surface area contributed by atoms with Gasteiger partial charge in [-0.2, -0.15) is 0 Å². The number of fused-ring (bicyclic) bond motifs is 6. The highest BCUT2D eigenvalue weighted by molar-refractivity contribution is 6.31. The molecule has 3 heterocycles. The summed E-state index contributed by atoms with van der Waals surface area (Å²) in [7, 11) is 0. The first-order valence-corrected chi connectivity index (χ1v) is 9.35. The highest BCUT2D eigenvalue weighted by Gasteiger charge is 2.36. The molecule has 0 radical (unpaired) electrons. The molecule has 6 nitrogen and oxygen atoms in total. The number of ketones is 2. The highest BCUT2D eigenvalue weighted by Crippen LogP contribution is 2.40. The molecule has 6 heteroatoms. The summed E-state index contributed by atoms with van der Waals surface area (Å²) in [6.45, 7) is 1.57. The Balaban J connectivity index is 1.48. The molecule has 0 bridgehead atoms. The summed E-state index contributed by atoms with van der Waals surface area (Å²) in [4.78, 5) is 28.1. The first-order valence-electron chi connectivity index (χ1n) is 9.35. The molecular weight excluding hydrogens is 370 g/mol. The van der Waals surface area contributed by atoms with Crippen LogP contribution in [0.15, 0.2) is 63.6 Å². The van der Waals surface area contributed by atoms with Crippen molar-refractivity contribution >= 4 is 22.5 Å². The number of hydrogen-bond donors (Lipinski definition) is 0. The maximum absolute atomic E-state index is 13.1. The first-order chi connectivity index (χ1) is 14.2. The van der Waals surface area contributed by atoms with Crippen LogP contribution in [0.4, 0.5) is 0 Å². The zero-order chi connectivity index (χ0) is 19.5. The molecule has 1 aliphatic heterocycles. The summed E-state index contributed by atoms with van der Waals surface area (Å²) < 4.78 is 17.3. The van der Waals surface area contributed by atoms with E-state index in [1.54, 1.807) is 36.6 Å². The Morgan fingerprint density at radius 3 is 2.55 bits per heavy atom. The first kappa shape index (κ1) is 16.3. The maximum Gasteiger partial charge on any atom is 0.229 e. The Bertz CT molecular complexity index is 1300. The van der Waals surface area contributed by atoms with Gasteiger partial charge in [-0.15, -0.1) is 0 Å². The summed E-state index contributed by atoms with van der Waals surface area (Å²) in [5.41, 5.74) is 2.51. The standard InChI is InChI=1S/C23H15NO5/c25-20-14-5-1-2-6-15(14)21(26)23-19(20)16-7-8-18-17(22(16)29-23)11-24(12-28-18)10-13-4-3-9-27-13/h1-9H,10-12H2. The topological polar surface area (TPSA) is 72.9 Å². The van der Waals surface area contributed by atoms with E-state index in [9.17, 15) is 9.59 Å². The molecule has 29 heavy (non-hydrogen) atoms. The van der Waals surface area contributed by atoms with Crippen LogP contribution in [-0.2, 0) is 13.1 Å². The van der Waals surface area contributed by atoms with Gasteiger partial charge in [-0.3, -0.25) is 14.5 Å². The minimum absolute atomic E-state index is 0.111. The second kappa shape index (κ2) is 5.93. The number of furan rings is 2. The average molecular weight is 385 g/mol. The van der Waals surface area contributed by atoms with Gasteiger partial charge in [0.05, 0.1) is 23.9 Å². The van der Waals surface area contributed by atoms with E-state index in [-0.39, 0.29) is 17.3 Å². The van der Waals surface area contributed by atoms with E-state index in [1.807, 2.05) is 18.2 Å². The molecule has 0 unspecified atom stereocenters. The average Bonchev–Trinajstić information content (AvgIpc) is 3.40. The summed E-state index contributed by atoms with van der Waals surface area (Å²) in [5, 5.41) is 0.648. The lowest BCUT2D eigenvalue weighted by atomic mass is 9.87. The fourth-order valence-corrected chi connectivity index (χ4v) is 4.16. The zero-order valence-corrected chi connectivity index (χ0v) is 15.3. The maximum atomic E-state index is 13.1. The predicted octanol–water partition coefficient (Wildman–Crippen LogP) is 4.15. The van der Waals surface area contributed by atoms with Gasteiger partial charge in [-0.05, 0) is 24.3 Å². The summed E-state index contributed by atoms with van der Waals surface area (Å²) in [5.74, 6) is 1.21. The van der Waals surface area contributed by atoms with Crippen LogP contribution in [-0.4, -0.2) is 23.2 Å². The molecular formula is C23H15NO5. The van der Waals surface area contributed by atoms with Gasteiger partial charge in [0, 0.05) is 23.1 Å². The second-order valence-electron chi connectivity index (χ2n) is 7.27. The molecule has 2 aromatic carbocycles. The molecule has 1 aliphatic carbocycles. The number of nitrogens with zero attached hydrogens (tertiary/aromatic N) is 1. The second-order valence-corrected chi connectivity index (χ2v) is 7.27. The molecule has 6 rings (SSSR count). The molecule has 2 aliphatic rings. The fourth-order valence-electron chi connectivity index (χ4n) is 4.16. The third-order valence-electron chi connectivity index (χ3n) is 5.51. The van der Waals surface area contributed by atoms with E-state index >= 15 is 0 Å². The molecule has 142 valence electrons. The molecule has 0 atom stereocenters. The molecule has 0 saturated heterocycles. The Morgan fingerprint density at radius 1 is 0.931 bits per heavy atom. The van der Waals surface area contributed by atoms with Gasteiger partial charge in [0.25, 0.3) is 0 Å². The van der Waals surface area contributed by atoms with Crippen LogP contribution in [0.1, 0.15) is 43.4 Å². The van der Waals surface area contributed by atoms with E-state index in [0.29, 0.717) is 53.2 Å². The molecule has 0 spiro atoms. The Kier molecular flexibility index (Phi) is 3.34. The van der Waals surface area contributed by atoms with Crippen molar-refractivity contribution in [3.63, 3.8) is 0 Å². The van der Waals surface area contributed by atoms with Gasteiger partial charge < -0.3 is 13.6 Å². The molecule has 0 fully saturated rings. The normalized spacial score (nSPS) is 15.7. The SMILES string of the molecule is O=C1c2ccccc2C(=O)c2c1oc1c3c(ccc21)OCN(Cc1ccco1)C3. The minimum atomic E-state index is -0.260. The van der Waals surface area contributed by atoms with E-state index in [0.717, 1.165) is 11.3 Å². The largest absolute Gasteiger partial charge is 0.478 e. The van der Waals surface area contributed by atoms with Crippen LogP contribution in [0.3, 0.4) is 0 Å². The summed E-state index contributed by atoms with van der Waals surface area (Å²) in [6, 6.07) is 14.3. The van der Waals surface area contributed by atoms with Gasteiger partial charge in [-0.25, -0.2) is 0 Å². The van der Waals surface area contributed by atoms with Gasteiger partial charge in [0.1, 0.15) is 23.8 Å². The lowest BCUT2D eigenvalue weighted by molar-refractivity contribution is 0.0825. The molecule has 2 aromatic heterocycles. The third kappa shape index (κ3) is 2.33. The van der Waals surface area contributed by atoms with Crippen molar-refractivity contribution in [2.45, 2.75) is 13.1 Å². The van der Waals surface area contributed by atoms with Crippen molar-refractivity contribution in [3.05, 3.63) is 88.6 Å². The van der Waals surface area contributed by atoms with E-state index in [1.165, 1.54) is 0 Å². The quantitative estimate of drug-likeness (QED) is 0.454. The Morgan fingerprint density at radius 2 is 1.76 bits per heavy atom. The minimum Gasteiger partial charge on any atom is -0.478 e. The number of ether oxygens (including phenoxy) is 1. The van der Waals surface area contributed by atoms with Crippen molar-refractivity contribution < 1.29 is 23.2 Å². The van der Waals surface area contributed by atoms with Crippen molar-refractivity contribution in [1.29, 1.82) is 0 Å². The van der Waals surface area contributed by atoms with Crippen LogP contribution >= 0.6 is 0 Å². The lowest BCUT2D eigenvalue weighted by Crippen LogP contribution is -2.31. The van der Waals surface area contributed by atoms with Crippen LogP contribution in [0.5, 0.6) is 5.75 Å². The fraction of sp³-hybridized carbons (Fsp3) is 0.130. The number of carbonyl (C=O) groups excluding carboxylic acids is 2. The van der Waals surface area contributed by atoms with E-state index < -0.39 is 0 Å². The Hall–Kier alpha value is -3.64. The summed E-state index contributed by atoms with van der Waals surface area (Å²) in [6.07, 6.45) is 1.64. The summed E-state index contributed by atoms with van der Waals surface area (Å²) >= 11 is 0. The Labute approximate surface area is 165 Å². The third-order valence-corrected chi connectivity index (χ3v) is 5.51. The van der Waals surface area contributed by atoms with Gasteiger partial charge >= 0.3 is 0 Å². The lowest BCUT2D eigenvalue weighted by Gasteiger charge is -2.28. The molecule has 0 N–H and O–H groups in total. The van der Waals surface area contributed by atoms with Crippen molar-refractivity contribution in [2.24, 2.45) is 0 Å². The molecule has 0 saturated carbocycles. The van der Waals surface area contributed by atoms with Crippen molar-refractivity contribution in [3.8, 4) is 5.75 Å². The smallest absolute Gasteiger partial charge is 0.229 e. The number of rotatable bonds is 2. The zero-order valence-electron chi connectivity index (χ0n) is 15.3. The predicted molar refractivity (Wildman–Crippen MR) is 103 cm³/mol. The van der Waals surface area contributed by atoms with Crippen LogP contribution in [0.2, 0.25) is 0 Å². The number of carbonyl (C=O) groups is 2. The van der Waals surface area contributed by atoms with E-state index in [4.69, 9.17) is 13.6 Å². The van der Waals surface area contributed by atoms with Crippen LogP contribution < -0.4 is 4.74 Å². The molecule has 4 aromatic rings. The number of hydrogen-bond acceptors (Lipinski definition) is 6. The van der Waals surface area contributed by atoms with Crippen LogP contribution in [0, 0.1) is 0 Å². The van der Waals surface area contributed by atoms with Gasteiger partial charge in [-0.1, -0.05) is 24.3 Å². The van der Waals surface area contributed by atoms with Crippen LogP contribution in [0.25, 0.3) is 11.0 Å².